The molecule has 144 valence electrons. The highest BCUT2D eigenvalue weighted by molar-refractivity contribution is 7.71. The molecule has 0 amide bonds. The van der Waals surface area contributed by atoms with Crippen molar-refractivity contribution < 1.29 is 14.6 Å². The van der Waals surface area contributed by atoms with Crippen LogP contribution in [0.4, 0.5) is 0 Å². The lowest BCUT2D eigenvalue weighted by Gasteiger charge is -2.25. The molecular formula is C22H22N2O3S. The number of fused-ring (bicyclic) bond motifs is 2. The van der Waals surface area contributed by atoms with E-state index in [4.69, 9.17) is 21.7 Å². The summed E-state index contributed by atoms with van der Waals surface area (Å²) in [5.74, 6) is 2.51. The number of methoxy groups -OCH3 is 1. The Morgan fingerprint density at radius 3 is 2.54 bits per heavy atom. The maximum Gasteiger partial charge on any atom is 0.205 e. The molecule has 0 unspecified atom stereocenters. The van der Waals surface area contributed by atoms with Crippen molar-refractivity contribution in [1.29, 1.82) is 0 Å². The van der Waals surface area contributed by atoms with Crippen LogP contribution in [0.2, 0.25) is 0 Å². The Kier molecular flexibility index (Phi) is 4.38. The molecule has 0 spiro atoms. The number of phenols is 1. The maximum absolute atomic E-state index is 10.5. The summed E-state index contributed by atoms with van der Waals surface area (Å²) < 4.78 is 11.7. The first kappa shape index (κ1) is 18.5. The molecule has 0 fully saturated rings. The SMILES string of the molecule is COc1ccc(-c2nc(=S)c3c([nH]2)Oc2c(O)cc(C(C)(C)C)cc2C3)cc1. The number of hydrogen-bond acceptors (Lipinski definition) is 5. The fraction of sp³-hybridized carbons (Fsp3) is 0.273. The van der Waals surface area contributed by atoms with Crippen molar-refractivity contribution in [3.63, 3.8) is 0 Å². The molecule has 4 rings (SSSR count). The second kappa shape index (κ2) is 6.63. The van der Waals surface area contributed by atoms with Crippen LogP contribution in [0.1, 0.15) is 37.5 Å². The average Bonchev–Trinajstić information content (AvgIpc) is 2.66. The quantitative estimate of drug-likeness (QED) is 0.439. The molecule has 6 heteroatoms. The lowest BCUT2D eigenvalue weighted by molar-refractivity contribution is 0.386. The van der Waals surface area contributed by atoms with Crippen LogP contribution in [0, 0.1) is 4.64 Å². The third-order valence-corrected chi connectivity index (χ3v) is 5.26. The van der Waals surface area contributed by atoms with Crippen LogP contribution in [-0.2, 0) is 11.8 Å². The average molecular weight is 394 g/mol. The number of nitrogens with one attached hydrogen (secondary N) is 1. The van der Waals surface area contributed by atoms with Crippen molar-refractivity contribution in [2.24, 2.45) is 0 Å². The van der Waals surface area contributed by atoms with Crippen LogP contribution >= 0.6 is 12.2 Å². The number of aromatic hydroxyl groups is 1. The summed E-state index contributed by atoms with van der Waals surface area (Å²) in [7, 11) is 1.63. The highest BCUT2D eigenvalue weighted by Gasteiger charge is 2.26. The largest absolute Gasteiger partial charge is 0.504 e. The minimum absolute atomic E-state index is 0.0772. The molecule has 5 nitrogen and oxygen atoms in total. The van der Waals surface area contributed by atoms with E-state index >= 15 is 0 Å². The van der Waals surface area contributed by atoms with Gasteiger partial charge in [-0.3, -0.25) is 0 Å². The number of hydrogen-bond donors (Lipinski definition) is 2. The summed E-state index contributed by atoms with van der Waals surface area (Å²) in [6.07, 6.45) is 0.563. The number of rotatable bonds is 2. The van der Waals surface area contributed by atoms with Gasteiger partial charge in [-0.05, 0) is 41.3 Å². The number of nitrogens with zero attached hydrogens (tertiary/aromatic N) is 1. The fourth-order valence-corrected chi connectivity index (χ4v) is 3.51. The Morgan fingerprint density at radius 2 is 1.89 bits per heavy atom. The zero-order valence-corrected chi connectivity index (χ0v) is 17.1. The minimum atomic E-state index is -0.0772. The monoisotopic (exact) mass is 394 g/mol. The van der Waals surface area contributed by atoms with Crippen molar-refractivity contribution in [3.05, 3.63) is 57.7 Å². The van der Waals surface area contributed by atoms with E-state index in [-0.39, 0.29) is 11.2 Å². The number of phenolic OH excluding ortho intramolecular Hbond substituents is 1. The van der Waals surface area contributed by atoms with Gasteiger partial charge in [0.05, 0.1) is 12.7 Å². The molecule has 0 saturated carbocycles. The van der Waals surface area contributed by atoms with E-state index in [0.29, 0.717) is 28.5 Å². The van der Waals surface area contributed by atoms with E-state index in [1.807, 2.05) is 24.3 Å². The van der Waals surface area contributed by atoms with Crippen LogP contribution in [0.25, 0.3) is 11.4 Å². The molecule has 0 bridgehead atoms. The van der Waals surface area contributed by atoms with Gasteiger partial charge in [-0.15, -0.1) is 0 Å². The minimum Gasteiger partial charge on any atom is -0.504 e. The lowest BCUT2D eigenvalue weighted by Crippen LogP contribution is -2.14. The van der Waals surface area contributed by atoms with E-state index in [1.54, 1.807) is 13.2 Å². The molecule has 2 N–H and O–H groups in total. The fourth-order valence-electron chi connectivity index (χ4n) is 3.25. The third kappa shape index (κ3) is 3.24. The van der Waals surface area contributed by atoms with Crippen LogP contribution in [0.5, 0.6) is 23.1 Å². The second-order valence-electron chi connectivity index (χ2n) is 7.94. The summed E-state index contributed by atoms with van der Waals surface area (Å²) in [5.41, 5.74) is 3.58. The Morgan fingerprint density at radius 1 is 1.18 bits per heavy atom. The van der Waals surface area contributed by atoms with E-state index in [1.165, 1.54) is 0 Å². The molecule has 1 aromatic heterocycles. The van der Waals surface area contributed by atoms with Gasteiger partial charge in [0.25, 0.3) is 0 Å². The van der Waals surface area contributed by atoms with Gasteiger partial charge in [0.2, 0.25) is 5.88 Å². The summed E-state index contributed by atoms with van der Waals surface area (Å²) in [6, 6.07) is 11.4. The highest BCUT2D eigenvalue weighted by Crippen LogP contribution is 2.44. The van der Waals surface area contributed by atoms with Gasteiger partial charge in [-0.2, -0.15) is 0 Å². The van der Waals surface area contributed by atoms with Crippen molar-refractivity contribution in [1.82, 2.24) is 9.97 Å². The number of H-pyrrole nitrogens is 1. The first-order valence-corrected chi connectivity index (χ1v) is 9.49. The Labute approximate surface area is 169 Å². The Balaban J connectivity index is 1.77. The number of aromatic amines is 1. The van der Waals surface area contributed by atoms with Gasteiger partial charge in [0, 0.05) is 17.5 Å². The van der Waals surface area contributed by atoms with Gasteiger partial charge in [-0.1, -0.05) is 39.1 Å². The Hall–Kier alpha value is -2.86. The van der Waals surface area contributed by atoms with Crippen molar-refractivity contribution >= 4 is 12.2 Å². The molecule has 3 aromatic rings. The van der Waals surface area contributed by atoms with Crippen LogP contribution in [-0.4, -0.2) is 22.2 Å². The van der Waals surface area contributed by atoms with Crippen molar-refractivity contribution in [2.75, 3.05) is 7.11 Å². The molecule has 1 aliphatic heterocycles. The maximum atomic E-state index is 10.5. The zero-order valence-electron chi connectivity index (χ0n) is 16.3. The highest BCUT2D eigenvalue weighted by atomic mass is 32.1. The smallest absolute Gasteiger partial charge is 0.205 e. The molecule has 0 radical (unpaired) electrons. The third-order valence-electron chi connectivity index (χ3n) is 4.92. The van der Waals surface area contributed by atoms with Crippen LogP contribution in [0.15, 0.2) is 36.4 Å². The number of aromatic nitrogens is 2. The molecule has 0 saturated heterocycles. The first-order valence-electron chi connectivity index (χ1n) is 9.08. The predicted molar refractivity (Wildman–Crippen MR) is 111 cm³/mol. The summed E-state index contributed by atoms with van der Waals surface area (Å²) >= 11 is 5.54. The van der Waals surface area contributed by atoms with Gasteiger partial charge in [0.15, 0.2) is 11.5 Å². The van der Waals surface area contributed by atoms with Crippen LogP contribution in [0.3, 0.4) is 0 Å². The van der Waals surface area contributed by atoms with E-state index < -0.39 is 0 Å². The zero-order chi connectivity index (χ0) is 20.1. The number of ether oxygens (including phenoxy) is 2. The van der Waals surface area contributed by atoms with Gasteiger partial charge in [-0.25, -0.2) is 4.98 Å². The second-order valence-corrected chi connectivity index (χ2v) is 8.33. The lowest BCUT2D eigenvalue weighted by atomic mass is 9.85. The van der Waals surface area contributed by atoms with E-state index in [0.717, 1.165) is 28.0 Å². The van der Waals surface area contributed by atoms with Crippen LogP contribution < -0.4 is 9.47 Å². The van der Waals surface area contributed by atoms with Gasteiger partial charge >= 0.3 is 0 Å². The molecular weight excluding hydrogens is 372 g/mol. The predicted octanol–water partition coefficient (Wildman–Crippen LogP) is 5.51. The molecule has 1 aliphatic rings. The van der Waals surface area contributed by atoms with Gasteiger partial charge in [0.1, 0.15) is 16.2 Å². The summed E-state index contributed by atoms with van der Waals surface area (Å²) in [6.45, 7) is 6.34. The standard InChI is InChI=1S/C22H22N2O3S/c1-22(2,3)14-9-13-10-16-20(27-18(13)17(25)11-14)23-19(24-21(16)28)12-5-7-15(26-4)8-6-12/h5-9,11,25H,10H2,1-4H3,(H,23,24,28). The first-order chi connectivity index (χ1) is 13.3. The molecule has 0 atom stereocenters. The van der Waals surface area contributed by atoms with Crippen molar-refractivity contribution in [2.45, 2.75) is 32.6 Å². The Bertz CT molecular complexity index is 1110. The van der Waals surface area contributed by atoms with E-state index in [2.05, 4.69) is 36.8 Å². The molecule has 2 heterocycles. The number of benzene rings is 2. The topological polar surface area (TPSA) is 67.4 Å². The van der Waals surface area contributed by atoms with E-state index in [9.17, 15) is 5.11 Å². The van der Waals surface area contributed by atoms with Crippen molar-refractivity contribution in [3.8, 4) is 34.5 Å². The summed E-state index contributed by atoms with van der Waals surface area (Å²) in [5, 5.41) is 10.5. The summed E-state index contributed by atoms with van der Waals surface area (Å²) in [4.78, 5) is 7.78. The molecule has 28 heavy (non-hydrogen) atoms. The normalized spacial score (nSPS) is 12.7. The van der Waals surface area contributed by atoms with Gasteiger partial charge < -0.3 is 19.6 Å². The molecule has 0 aliphatic carbocycles. The molecule has 2 aromatic carbocycles.